The van der Waals surface area contributed by atoms with Gasteiger partial charge in [-0.25, -0.2) is 4.79 Å². The predicted octanol–water partition coefficient (Wildman–Crippen LogP) is 4.04. The maximum Gasteiger partial charge on any atom is 0.336 e. The van der Waals surface area contributed by atoms with Gasteiger partial charge < -0.3 is 9.84 Å². The Morgan fingerprint density at radius 2 is 2.11 bits per heavy atom. The summed E-state index contributed by atoms with van der Waals surface area (Å²) >= 11 is 0. The van der Waals surface area contributed by atoms with E-state index in [9.17, 15) is 4.79 Å². The summed E-state index contributed by atoms with van der Waals surface area (Å²) in [6, 6.07) is 5.23. The average Bonchev–Trinajstić information content (AvgIpc) is 2.31. The van der Waals surface area contributed by atoms with Crippen LogP contribution in [0.2, 0.25) is 0 Å². The number of carboxylic acid groups (broad SMARTS) is 1. The second-order valence-corrected chi connectivity index (χ2v) is 4.71. The van der Waals surface area contributed by atoms with Gasteiger partial charge in [-0.2, -0.15) is 0 Å². The molecule has 0 bridgehead atoms. The Balaban J connectivity index is 2.62. The summed E-state index contributed by atoms with van der Waals surface area (Å²) in [6.07, 6.45) is 4.68. The van der Waals surface area contributed by atoms with E-state index in [0.29, 0.717) is 11.3 Å². The fraction of sp³-hybridized carbons (Fsp3) is 0.533. The number of hydrogen-bond acceptors (Lipinski definition) is 2. The Hall–Kier alpha value is -1.51. The third-order valence-corrected chi connectivity index (χ3v) is 2.99. The van der Waals surface area contributed by atoms with E-state index in [1.54, 1.807) is 19.1 Å². The van der Waals surface area contributed by atoms with Gasteiger partial charge >= 0.3 is 5.97 Å². The second-order valence-electron chi connectivity index (χ2n) is 4.71. The van der Waals surface area contributed by atoms with Crippen molar-refractivity contribution in [3.63, 3.8) is 0 Å². The van der Waals surface area contributed by atoms with Crippen LogP contribution in [-0.4, -0.2) is 17.2 Å². The molecule has 1 unspecified atom stereocenters. The maximum atomic E-state index is 11.0. The van der Waals surface area contributed by atoms with Gasteiger partial charge in [-0.1, -0.05) is 25.8 Å². The SMILES string of the molecule is CCCCCC(C)Oc1ccc(C)c(C(=O)O)c1. The standard InChI is InChI=1S/C15H22O3/c1-4-5-6-7-12(3)18-13-9-8-11(2)14(10-13)15(16)17/h8-10,12H,4-7H2,1-3H3,(H,16,17). The van der Waals surface area contributed by atoms with E-state index in [-0.39, 0.29) is 6.10 Å². The molecule has 0 spiro atoms. The molecule has 0 fully saturated rings. The van der Waals surface area contributed by atoms with E-state index < -0.39 is 5.97 Å². The van der Waals surface area contributed by atoms with Crippen LogP contribution >= 0.6 is 0 Å². The number of benzene rings is 1. The highest BCUT2D eigenvalue weighted by Gasteiger charge is 2.10. The lowest BCUT2D eigenvalue weighted by molar-refractivity contribution is 0.0695. The van der Waals surface area contributed by atoms with E-state index in [1.807, 2.05) is 13.0 Å². The second kappa shape index (κ2) is 7.04. The Kier molecular flexibility index (Phi) is 5.69. The van der Waals surface area contributed by atoms with Gasteiger partial charge in [0, 0.05) is 0 Å². The van der Waals surface area contributed by atoms with Gasteiger partial charge in [0.25, 0.3) is 0 Å². The molecule has 0 saturated heterocycles. The van der Waals surface area contributed by atoms with E-state index in [1.165, 1.54) is 12.8 Å². The Bertz CT molecular complexity index is 399. The van der Waals surface area contributed by atoms with Crippen molar-refractivity contribution in [3.05, 3.63) is 29.3 Å². The third-order valence-electron chi connectivity index (χ3n) is 2.99. The summed E-state index contributed by atoms with van der Waals surface area (Å²) in [5.74, 6) is -0.265. The van der Waals surface area contributed by atoms with Crippen molar-refractivity contribution >= 4 is 5.97 Å². The fourth-order valence-electron chi connectivity index (χ4n) is 1.88. The smallest absolute Gasteiger partial charge is 0.336 e. The van der Waals surface area contributed by atoms with E-state index in [4.69, 9.17) is 9.84 Å². The molecule has 1 atom stereocenters. The molecule has 0 aliphatic rings. The molecule has 0 heterocycles. The molecule has 0 aliphatic carbocycles. The number of aryl methyl sites for hydroxylation is 1. The van der Waals surface area contributed by atoms with Gasteiger partial charge in [0.1, 0.15) is 5.75 Å². The molecule has 1 rings (SSSR count). The van der Waals surface area contributed by atoms with Crippen molar-refractivity contribution in [1.82, 2.24) is 0 Å². The van der Waals surface area contributed by atoms with Crippen LogP contribution in [0.5, 0.6) is 5.75 Å². The van der Waals surface area contributed by atoms with E-state index in [2.05, 4.69) is 6.92 Å². The topological polar surface area (TPSA) is 46.5 Å². The molecule has 1 aromatic rings. The molecule has 18 heavy (non-hydrogen) atoms. The molecular formula is C15H22O3. The minimum atomic E-state index is -0.906. The molecule has 0 radical (unpaired) electrons. The van der Waals surface area contributed by atoms with Crippen molar-refractivity contribution in [2.45, 2.75) is 52.6 Å². The van der Waals surface area contributed by atoms with Gasteiger partial charge in [-0.3, -0.25) is 0 Å². The first-order valence-electron chi connectivity index (χ1n) is 6.55. The lowest BCUT2D eigenvalue weighted by atomic mass is 10.1. The first-order chi connectivity index (χ1) is 8.54. The summed E-state index contributed by atoms with van der Waals surface area (Å²) in [5, 5.41) is 9.04. The van der Waals surface area contributed by atoms with Gasteiger partial charge in [0.15, 0.2) is 0 Å². The lowest BCUT2D eigenvalue weighted by Gasteiger charge is -2.15. The monoisotopic (exact) mass is 250 g/mol. The van der Waals surface area contributed by atoms with Gasteiger partial charge in [-0.05, 0) is 44.4 Å². The number of aromatic carboxylic acids is 1. The van der Waals surface area contributed by atoms with Crippen molar-refractivity contribution in [1.29, 1.82) is 0 Å². The van der Waals surface area contributed by atoms with Crippen LogP contribution in [0.15, 0.2) is 18.2 Å². The average molecular weight is 250 g/mol. The van der Waals surface area contributed by atoms with Gasteiger partial charge in [0.2, 0.25) is 0 Å². The van der Waals surface area contributed by atoms with E-state index in [0.717, 1.165) is 18.4 Å². The number of unbranched alkanes of at least 4 members (excludes halogenated alkanes) is 2. The van der Waals surface area contributed by atoms with Crippen LogP contribution in [0.3, 0.4) is 0 Å². The van der Waals surface area contributed by atoms with Gasteiger partial charge in [-0.15, -0.1) is 0 Å². The van der Waals surface area contributed by atoms with Gasteiger partial charge in [0.05, 0.1) is 11.7 Å². The van der Waals surface area contributed by atoms with Crippen molar-refractivity contribution < 1.29 is 14.6 Å². The largest absolute Gasteiger partial charge is 0.491 e. The Morgan fingerprint density at radius 3 is 2.72 bits per heavy atom. The molecule has 0 aromatic heterocycles. The van der Waals surface area contributed by atoms with Crippen LogP contribution in [0, 0.1) is 6.92 Å². The van der Waals surface area contributed by atoms with Crippen LogP contribution in [0.1, 0.15) is 55.5 Å². The van der Waals surface area contributed by atoms with Crippen molar-refractivity contribution in [2.75, 3.05) is 0 Å². The number of hydrogen-bond donors (Lipinski definition) is 1. The lowest BCUT2D eigenvalue weighted by Crippen LogP contribution is -2.12. The molecule has 0 saturated carbocycles. The highest BCUT2D eigenvalue weighted by Crippen LogP contribution is 2.20. The molecule has 3 heteroatoms. The number of carbonyl (C=O) groups is 1. The maximum absolute atomic E-state index is 11.0. The number of carboxylic acids is 1. The third kappa shape index (κ3) is 4.40. The fourth-order valence-corrected chi connectivity index (χ4v) is 1.88. The molecule has 0 aliphatic heterocycles. The highest BCUT2D eigenvalue weighted by molar-refractivity contribution is 5.89. The van der Waals surface area contributed by atoms with E-state index >= 15 is 0 Å². The summed E-state index contributed by atoms with van der Waals surface area (Å²) in [5.41, 5.74) is 1.07. The Morgan fingerprint density at radius 1 is 1.39 bits per heavy atom. The zero-order valence-corrected chi connectivity index (χ0v) is 11.4. The molecular weight excluding hydrogens is 228 g/mol. The van der Waals surface area contributed by atoms with Crippen LogP contribution in [0.25, 0.3) is 0 Å². The summed E-state index contributed by atoms with van der Waals surface area (Å²) in [4.78, 5) is 11.0. The molecule has 0 amide bonds. The van der Waals surface area contributed by atoms with Crippen LogP contribution < -0.4 is 4.74 Å². The highest BCUT2D eigenvalue weighted by atomic mass is 16.5. The normalized spacial score (nSPS) is 12.2. The van der Waals surface area contributed by atoms with Crippen LogP contribution in [-0.2, 0) is 0 Å². The Labute approximate surface area is 109 Å². The zero-order chi connectivity index (χ0) is 13.5. The number of rotatable bonds is 7. The summed E-state index contributed by atoms with van der Waals surface area (Å²) in [6.45, 7) is 5.98. The molecule has 1 N–H and O–H groups in total. The van der Waals surface area contributed by atoms with Crippen molar-refractivity contribution in [3.8, 4) is 5.75 Å². The molecule has 1 aromatic carbocycles. The minimum absolute atomic E-state index is 0.126. The van der Waals surface area contributed by atoms with Crippen molar-refractivity contribution in [2.24, 2.45) is 0 Å². The number of ether oxygens (including phenoxy) is 1. The first kappa shape index (κ1) is 14.6. The first-order valence-corrected chi connectivity index (χ1v) is 6.55. The van der Waals surface area contributed by atoms with Crippen LogP contribution in [0.4, 0.5) is 0 Å². The minimum Gasteiger partial charge on any atom is -0.491 e. The zero-order valence-electron chi connectivity index (χ0n) is 11.4. The molecule has 100 valence electrons. The summed E-state index contributed by atoms with van der Waals surface area (Å²) in [7, 11) is 0. The predicted molar refractivity (Wildman–Crippen MR) is 72.4 cm³/mol. The molecule has 3 nitrogen and oxygen atoms in total. The summed E-state index contributed by atoms with van der Waals surface area (Å²) < 4.78 is 5.74. The quantitative estimate of drug-likeness (QED) is 0.743.